The minimum absolute atomic E-state index is 0.255. The Morgan fingerprint density at radius 2 is 1.81 bits per heavy atom. The van der Waals surface area contributed by atoms with Crippen LogP contribution in [0.25, 0.3) is 22.6 Å². The van der Waals surface area contributed by atoms with E-state index in [9.17, 15) is 4.79 Å². The Balaban J connectivity index is 1.68. The van der Waals surface area contributed by atoms with E-state index in [1.807, 2.05) is 36.4 Å². The molecule has 4 nitrogen and oxygen atoms in total. The van der Waals surface area contributed by atoms with Crippen LogP contribution in [0.5, 0.6) is 0 Å². The number of nitrogens with zero attached hydrogens (tertiary/aromatic N) is 1. The van der Waals surface area contributed by atoms with Crippen LogP contribution in [0.15, 0.2) is 75.6 Å². The van der Waals surface area contributed by atoms with E-state index in [1.54, 1.807) is 30.3 Å². The number of halogens is 2. The van der Waals surface area contributed by atoms with Gasteiger partial charge in [0.25, 0.3) is 5.91 Å². The van der Waals surface area contributed by atoms with Gasteiger partial charge < -0.3 is 9.73 Å². The predicted molar refractivity (Wildman–Crippen MR) is 107 cm³/mol. The molecule has 0 fully saturated rings. The fourth-order valence-corrected chi connectivity index (χ4v) is 3.21. The standard InChI is InChI=1S/C20H12BrClN2O2/c21-14-6-2-1-5-13(14)19(25)23-17-11-12(9-10-15(17)22)20-24-16-7-3-4-8-18(16)26-20/h1-11H,(H,23,25). The smallest absolute Gasteiger partial charge is 0.256 e. The van der Waals surface area contributed by atoms with Gasteiger partial charge in [0.05, 0.1) is 16.3 Å². The minimum atomic E-state index is -0.255. The van der Waals surface area contributed by atoms with Crippen molar-refractivity contribution in [2.45, 2.75) is 0 Å². The zero-order chi connectivity index (χ0) is 18.1. The number of anilines is 1. The first-order valence-corrected chi connectivity index (χ1v) is 9.00. The Morgan fingerprint density at radius 1 is 1.04 bits per heavy atom. The van der Waals surface area contributed by atoms with Crippen LogP contribution in [-0.2, 0) is 0 Å². The lowest BCUT2D eigenvalue weighted by atomic mass is 10.1. The normalized spacial score (nSPS) is 10.8. The van der Waals surface area contributed by atoms with Crippen LogP contribution < -0.4 is 5.32 Å². The molecule has 1 N–H and O–H groups in total. The highest BCUT2D eigenvalue weighted by molar-refractivity contribution is 9.10. The fraction of sp³-hybridized carbons (Fsp3) is 0. The summed E-state index contributed by atoms with van der Waals surface area (Å²) < 4.78 is 6.50. The van der Waals surface area contributed by atoms with Crippen molar-refractivity contribution in [1.29, 1.82) is 0 Å². The van der Waals surface area contributed by atoms with E-state index in [4.69, 9.17) is 16.0 Å². The van der Waals surface area contributed by atoms with E-state index in [-0.39, 0.29) is 5.91 Å². The maximum Gasteiger partial charge on any atom is 0.256 e. The topological polar surface area (TPSA) is 55.1 Å². The molecule has 0 bridgehead atoms. The van der Waals surface area contributed by atoms with E-state index in [0.29, 0.717) is 32.2 Å². The monoisotopic (exact) mass is 426 g/mol. The molecule has 0 radical (unpaired) electrons. The third-order valence-corrected chi connectivity index (χ3v) is 4.89. The highest BCUT2D eigenvalue weighted by Crippen LogP contribution is 2.31. The van der Waals surface area contributed by atoms with Gasteiger partial charge in [0.15, 0.2) is 5.58 Å². The van der Waals surface area contributed by atoms with Gasteiger partial charge in [0, 0.05) is 10.0 Å². The highest BCUT2D eigenvalue weighted by atomic mass is 79.9. The van der Waals surface area contributed by atoms with Crippen LogP contribution in [0, 0.1) is 0 Å². The van der Waals surface area contributed by atoms with Crippen LogP contribution in [0.3, 0.4) is 0 Å². The van der Waals surface area contributed by atoms with E-state index >= 15 is 0 Å². The van der Waals surface area contributed by atoms with Gasteiger partial charge in [0.2, 0.25) is 5.89 Å². The van der Waals surface area contributed by atoms with Gasteiger partial charge >= 0.3 is 0 Å². The lowest BCUT2D eigenvalue weighted by Gasteiger charge is -2.09. The SMILES string of the molecule is O=C(Nc1cc(-c2nc3ccccc3o2)ccc1Cl)c1ccccc1Br. The van der Waals surface area contributed by atoms with Crippen LogP contribution >= 0.6 is 27.5 Å². The second-order valence-electron chi connectivity index (χ2n) is 5.62. The molecule has 4 aromatic rings. The molecule has 1 amide bonds. The zero-order valence-electron chi connectivity index (χ0n) is 13.4. The first-order chi connectivity index (χ1) is 12.6. The summed E-state index contributed by atoms with van der Waals surface area (Å²) in [6.45, 7) is 0. The minimum Gasteiger partial charge on any atom is -0.436 e. The van der Waals surface area contributed by atoms with Crippen LogP contribution in [0.1, 0.15) is 10.4 Å². The van der Waals surface area contributed by atoms with Crippen LogP contribution in [-0.4, -0.2) is 10.9 Å². The molecule has 4 rings (SSSR count). The Morgan fingerprint density at radius 3 is 2.62 bits per heavy atom. The summed E-state index contributed by atoms with van der Waals surface area (Å²) in [6.07, 6.45) is 0. The van der Waals surface area contributed by atoms with E-state index in [1.165, 1.54) is 0 Å². The van der Waals surface area contributed by atoms with Crippen LogP contribution in [0.4, 0.5) is 5.69 Å². The Labute approximate surface area is 162 Å². The number of benzene rings is 3. The second kappa shape index (κ2) is 6.94. The summed E-state index contributed by atoms with van der Waals surface area (Å²) >= 11 is 9.64. The fourth-order valence-electron chi connectivity index (χ4n) is 2.58. The number of aromatic nitrogens is 1. The Kier molecular flexibility index (Phi) is 4.49. The molecule has 0 unspecified atom stereocenters. The summed E-state index contributed by atoms with van der Waals surface area (Å²) in [5, 5.41) is 3.28. The van der Waals surface area contributed by atoms with Crippen molar-refractivity contribution in [3.63, 3.8) is 0 Å². The lowest BCUT2D eigenvalue weighted by Crippen LogP contribution is -2.12. The average molecular weight is 428 g/mol. The quantitative estimate of drug-likeness (QED) is 0.426. The van der Waals surface area contributed by atoms with Gasteiger partial charge in [-0.3, -0.25) is 4.79 Å². The molecule has 128 valence electrons. The van der Waals surface area contributed by atoms with Gasteiger partial charge in [-0.15, -0.1) is 0 Å². The molecule has 1 aromatic heterocycles. The Hall–Kier alpha value is -2.63. The summed E-state index contributed by atoms with van der Waals surface area (Å²) in [4.78, 5) is 17.0. The Bertz CT molecular complexity index is 1090. The molecule has 0 saturated carbocycles. The van der Waals surface area contributed by atoms with Crippen molar-refractivity contribution in [3.8, 4) is 11.5 Å². The van der Waals surface area contributed by atoms with Crippen molar-refractivity contribution in [3.05, 3.63) is 81.8 Å². The number of hydrogen-bond donors (Lipinski definition) is 1. The molecule has 0 aliphatic carbocycles. The summed E-state index contributed by atoms with van der Waals surface area (Å²) in [7, 11) is 0. The molecule has 0 saturated heterocycles. The molecule has 26 heavy (non-hydrogen) atoms. The molecule has 0 atom stereocenters. The average Bonchev–Trinajstić information content (AvgIpc) is 3.08. The zero-order valence-corrected chi connectivity index (χ0v) is 15.7. The summed E-state index contributed by atoms with van der Waals surface area (Å²) in [5.74, 6) is 0.216. The van der Waals surface area contributed by atoms with Crippen molar-refractivity contribution in [2.75, 3.05) is 5.32 Å². The molecule has 0 aliphatic heterocycles. The van der Waals surface area contributed by atoms with Gasteiger partial charge in [-0.1, -0.05) is 35.9 Å². The molecule has 3 aromatic carbocycles. The lowest BCUT2D eigenvalue weighted by molar-refractivity contribution is 0.102. The maximum absolute atomic E-state index is 12.5. The van der Waals surface area contributed by atoms with Gasteiger partial charge in [-0.05, 0) is 58.4 Å². The maximum atomic E-state index is 12.5. The van der Waals surface area contributed by atoms with Crippen molar-refractivity contribution in [2.24, 2.45) is 0 Å². The molecule has 6 heteroatoms. The first-order valence-electron chi connectivity index (χ1n) is 7.83. The number of carbonyl (C=O) groups is 1. The highest BCUT2D eigenvalue weighted by Gasteiger charge is 2.14. The van der Waals surface area contributed by atoms with Gasteiger partial charge in [-0.2, -0.15) is 0 Å². The number of hydrogen-bond acceptors (Lipinski definition) is 3. The number of para-hydroxylation sites is 2. The second-order valence-corrected chi connectivity index (χ2v) is 6.88. The first kappa shape index (κ1) is 16.8. The molecular formula is C20H12BrClN2O2. The molecule has 0 aliphatic rings. The van der Waals surface area contributed by atoms with E-state index in [0.717, 1.165) is 11.1 Å². The third-order valence-electron chi connectivity index (χ3n) is 3.87. The number of nitrogens with one attached hydrogen (secondary N) is 1. The van der Waals surface area contributed by atoms with Crippen LogP contribution in [0.2, 0.25) is 5.02 Å². The number of carbonyl (C=O) groups excluding carboxylic acids is 1. The van der Waals surface area contributed by atoms with Crippen molar-refractivity contribution in [1.82, 2.24) is 4.98 Å². The molecular weight excluding hydrogens is 416 g/mol. The number of fused-ring (bicyclic) bond motifs is 1. The van der Waals surface area contributed by atoms with Gasteiger partial charge in [-0.25, -0.2) is 4.98 Å². The number of rotatable bonds is 3. The van der Waals surface area contributed by atoms with E-state index < -0.39 is 0 Å². The summed E-state index contributed by atoms with van der Waals surface area (Å²) in [5.41, 5.74) is 3.23. The van der Waals surface area contributed by atoms with Crippen molar-refractivity contribution >= 4 is 50.2 Å². The van der Waals surface area contributed by atoms with E-state index in [2.05, 4.69) is 26.2 Å². The number of amides is 1. The number of oxazole rings is 1. The van der Waals surface area contributed by atoms with Crippen molar-refractivity contribution < 1.29 is 9.21 Å². The summed E-state index contributed by atoms with van der Waals surface area (Å²) in [6, 6.07) is 20.0. The molecule has 0 spiro atoms. The largest absolute Gasteiger partial charge is 0.436 e. The van der Waals surface area contributed by atoms with Gasteiger partial charge in [0.1, 0.15) is 5.52 Å². The molecule has 1 heterocycles. The predicted octanol–water partition coefficient (Wildman–Crippen LogP) is 6.16. The third kappa shape index (κ3) is 3.23.